The average Bonchev–Trinajstić information content (AvgIpc) is 2.97. The van der Waals surface area contributed by atoms with Gasteiger partial charge in [0.1, 0.15) is 12.4 Å². The first kappa shape index (κ1) is 12.2. The van der Waals surface area contributed by atoms with Gasteiger partial charge in [-0.3, -0.25) is 0 Å². The molecule has 100 valence electrons. The number of furan rings is 1. The number of benzene rings is 1. The molecule has 0 saturated heterocycles. The van der Waals surface area contributed by atoms with E-state index >= 15 is 0 Å². The number of hydrogen-bond donors (Lipinski definition) is 1. The topological polar surface area (TPSA) is 85.5 Å². The Bertz CT molecular complexity index is 753. The molecule has 1 aromatic carbocycles. The number of carbonyl (C=O) groups is 1. The Kier molecular flexibility index (Phi) is 3.04. The van der Waals surface area contributed by atoms with Gasteiger partial charge in [0.15, 0.2) is 0 Å². The Morgan fingerprint density at radius 2 is 2.05 bits per heavy atom. The van der Waals surface area contributed by atoms with Crippen molar-refractivity contribution in [3.05, 3.63) is 54.2 Å². The minimum Gasteiger partial charge on any atom is -0.475 e. The number of hydrogen-bond acceptors (Lipinski definition) is 5. The maximum absolute atomic E-state index is 11.0. The van der Waals surface area contributed by atoms with E-state index in [1.807, 2.05) is 6.07 Å². The summed E-state index contributed by atoms with van der Waals surface area (Å²) in [5.41, 5.74) is 0.523. The standard InChI is InChI=1S/C14H10N2O4/c17-14(18)12-15-11-6-2-1-5-10(11)13(16-12)20-8-9-4-3-7-19-9/h1-7H,8H2,(H,17,18). The number of fused-ring (bicyclic) bond motifs is 1. The molecular weight excluding hydrogens is 260 g/mol. The first-order valence-corrected chi connectivity index (χ1v) is 5.89. The minimum atomic E-state index is -1.20. The fraction of sp³-hybridized carbons (Fsp3) is 0.0714. The molecule has 0 aliphatic heterocycles. The highest BCUT2D eigenvalue weighted by molar-refractivity contribution is 5.89. The van der Waals surface area contributed by atoms with Gasteiger partial charge in [-0.25, -0.2) is 9.78 Å². The van der Waals surface area contributed by atoms with Gasteiger partial charge in [0, 0.05) is 0 Å². The zero-order chi connectivity index (χ0) is 13.9. The van der Waals surface area contributed by atoms with Gasteiger partial charge in [-0.1, -0.05) is 12.1 Å². The van der Waals surface area contributed by atoms with Gasteiger partial charge in [0.2, 0.25) is 11.7 Å². The van der Waals surface area contributed by atoms with Crippen molar-refractivity contribution in [3.63, 3.8) is 0 Å². The smallest absolute Gasteiger partial charge is 0.374 e. The average molecular weight is 270 g/mol. The van der Waals surface area contributed by atoms with Crippen LogP contribution in [0.4, 0.5) is 0 Å². The maximum atomic E-state index is 11.0. The predicted octanol–water partition coefficient (Wildman–Crippen LogP) is 2.50. The quantitative estimate of drug-likeness (QED) is 0.783. The molecule has 0 atom stereocenters. The van der Waals surface area contributed by atoms with Gasteiger partial charge < -0.3 is 14.3 Å². The maximum Gasteiger partial charge on any atom is 0.374 e. The predicted molar refractivity (Wildman–Crippen MR) is 69.5 cm³/mol. The van der Waals surface area contributed by atoms with Crippen LogP contribution in [0, 0.1) is 0 Å². The second-order valence-corrected chi connectivity index (χ2v) is 4.04. The number of carboxylic acids is 1. The molecule has 6 heteroatoms. The third-order valence-corrected chi connectivity index (χ3v) is 2.69. The summed E-state index contributed by atoms with van der Waals surface area (Å²) in [6.07, 6.45) is 1.54. The minimum absolute atomic E-state index is 0.174. The van der Waals surface area contributed by atoms with Gasteiger partial charge >= 0.3 is 5.97 Å². The van der Waals surface area contributed by atoms with Crippen LogP contribution in [0.15, 0.2) is 47.1 Å². The Hall–Kier alpha value is -2.89. The summed E-state index contributed by atoms with van der Waals surface area (Å²) in [6.45, 7) is 0.174. The third-order valence-electron chi connectivity index (χ3n) is 2.69. The molecule has 0 spiro atoms. The van der Waals surface area contributed by atoms with Crippen LogP contribution in [0.25, 0.3) is 10.9 Å². The molecule has 3 aromatic rings. The van der Waals surface area contributed by atoms with Crippen LogP contribution in [0.1, 0.15) is 16.4 Å². The molecule has 1 N–H and O–H groups in total. The summed E-state index contributed by atoms with van der Waals surface area (Å²) >= 11 is 0. The summed E-state index contributed by atoms with van der Waals surface area (Å²) in [5, 5.41) is 9.68. The number of para-hydroxylation sites is 1. The first-order chi connectivity index (χ1) is 9.74. The summed E-state index contributed by atoms with van der Waals surface area (Å²) in [5.74, 6) is -0.634. The van der Waals surface area contributed by atoms with E-state index in [1.165, 1.54) is 0 Å². The molecule has 0 fully saturated rings. The zero-order valence-corrected chi connectivity index (χ0v) is 10.3. The lowest BCUT2D eigenvalue weighted by atomic mass is 10.2. The summed E-state index contributed by atoms with van der Waals surface area (Å²) < 4.78 is 10.7. The molecule has 2 heterocycles. The Balaban J connectivity index is 2.00. The van der Waals surface area contributed by atoms with Gasteiger partial charge in [-0.05, 0) is 24.3 Å². The normalized spacial score (nSPS) is 10.6. The first-order valence-electron chi connectivity index (χ1n) is 5.89. The SMILES string of the molecule is O=C(O)c1nc(OCc2ccco2)c2ccccc2n1. The molecule has 20 heavy (non-hydrogen) atoms. The molecule has 0 unspecified atom stereocenters. The largest absolute Gasteiger partial charge is 0.475 e. The Morgan fingerprint density at radius 1 is 1.20 bits per heavy atom. The van der Waals surface area contributed by atoms with E-state index in [0.717, 1.165) is 0 Å². The molecule has 0 aliphatic carbocycles. The van der Waals surface area contributed by atoms with Crippen molar-refractivity contribution in [2.45, 2.75) is 6.61 Å². The molecule has 0 amide bonds. The van der Waals surface area contributed by atoms with Crippen LogP contribution >= 0.6 is 0 Å². The zero-order valence-electron chi connectivity index (χ0n) is 10.3. The lowest BCUT2D eigenvalue weighted by Gasteiger charge is -2.07. The highest BCUT2D eigenvalue weighted by Gasteiger charge is 2.13. The van der Waals surface area contributed by atoms with Crippen LogP contribution in [-0.4, -0.2) is 21.0 Å². The Morgan fingerprint density at radius 3 is 2.80 bits per heavy atom. The highest BCUT2D eigenvalue weighted by Crippen LogP contribution is 2.23. The van der Waals surface area contributed by atoms with E-state index in [0.29, 0.717) is 16.7 Å². The fourth-order valence-electron chi connectivity index (χ4n) is 1.79. The van der Waals surface area contributed by atoms with Crippen molar-refractivity contribution in [2.24, 2.45) is 0 Å². The number of aromatic nitrogens is 2. The van der Waals surface area contributed by atoms with Gasteiger partial charge in [-0.15, -0.1) is 0 Å². The van der Waals surface area contributed by atoms with Gasteiger partial charge in [0.25, 0.3) is 0 Å². The molecule has 6 nitrogen and oxygen atoms in total. The van der Waals surface area contributed by atoms with Crippen LogP contribution < -0.4 is 4.74 Å². The molecule has 2 aromatic heterocycles. The van der Waals surface area contributed by atoms with Crippen molar-refractivity contribution in [3.8, 4) is 5.88 Å². The van der Waals surface area contributed by atoms with E-state index in [2.05, 4.69) is 9.97 Å². The molecule has 0 saturated carbocycles. The number of carboxylic acid groups (broad SMARTS) is 1. The Labute approximate surface area is 113 Å². The number of rotatable bonds is 4. The van der Waals surface area contributed by atoms with E-state index in [-0.39, 0.29) is 18.3 Å². The van der Waals surface area contributed by atoms with Crippen LogP contribution in [0.2, 0.25) is 0 Å². The monoisotopic (exact) mass is 270 g/mol. The van der Waals surface area contributed by atoms with Crippen molar-refractivity contribution in [1.29, 1.82) is 0 Å². The van der Waals surface area contributed by atoms with Crippen molar-refractivity contribution in [1.82, 2.24) is 9.97 Å². The molecular formula is C14H10N2O4. The number of ether oxygens (including phenoxy) is 1. The van der Waals surface area contributed by atoms with Crippen molar-refractivity contribution < 1.29 is 19.1 Å². The van der Waals surface area contributed by atoms with Gasteiger partial charge in [-0.2, -0.15) is 4.98 Å². The lowest BCUT2D eigenvalue weighted by Crippen LogP contribution is -2.07. The third kappa shape index (κ3) is 2.31. The second kappa shape index (κ2) is 5.00. The van der Waals surface area contributed by atoms with Crippen LogP contribution in [0.3, 0.4) is 0 Å². The molecule has 0 radical (unpaired) electrons. The molecule has 0 bridgehead atoms. The molecule has 3 rings (SSSR count). The van der Waals surface area contributed by atoms with E-state index in [4.69, 9.17) is 14.3 Å². The lowest BCUT2D eigenvalue weighted by molar-refractivity contribution is 0.0682. The van der Waals surface area contributed by atoms with E-state index in [9.17, 15) is 4.79 Å². The molecule has 0 aliphatic rings. The van der Waals surface area contributed by atoms with Crippen LogP contribution in [-0.2, 0) is 6.61 Å². The summed E-state index contributed by atoms with van der Waals surface area (Å²) in [4.78, 5) is 18.9. The highest BCUT2D eigenvalue weighted by atomic mass is 16.5. The summed E-state index contributed by atoms with van der Waals surface area (Å²) in [6, 6.07) is 10.6. The second-order valence-electron chi connectivity index (χ2n) is 4.04. The van der Waals surface area contributed by atoms with Gasteiger partial charge in [0.05, 0.1) is 17.2 Å². The van der Waals surface area contributed by atoms with Crippen LogP contribution in [0.5, 0.6) is 5.88 Å². The van der Waals surface area contributed by atoms with E-state index in [1.54, 1.807) is 36.6 Å². The number of aromatic carboxylic acids is 1. The fourth-order valence-corrected chi connectivity index (χ4v) is 1.79. The summed E-state index contributed by atoms with van der Waals surface area (Å²) in [7, 11) is 0. The number of nitrogens with zero attached hydrogens (tertiary/aromatic N) is 2. The van der Waals surface area contributed by atoms with Crippen molar-refractivity contribution in [2.75, 3.05) is 0 Å². The van der Waals surface area contributed by atoms with E-state index < -0.39 is 5.97 Å². The van der Waals surface area contributed by atoms with Crippen molar-refractivity contribution >= 4 is 16.9 Å².